The van der Waals surface area contributed by atoms with Gasteiger partial charge in [-0.05, 0) is 43.9 Å². The van der Waals surface area contributed by atoms with Crippen molar-refractivity contribution >= 4 is 11.8 Å². The van der Waals surface area contributed by atoms with E-state index < -0.39 is 0 Å². The van der Waals surface area contributed by atoms with Gasteiger partial charge in [0.05, 0.1) is 5.69 Å². The summed E-state index contributed by atoms with van der Waals surface area (Å²) in [7, 11) is 0. The molecule has 0 radical (unpaired) electrons. The van der Waals surface area contributed by atoms with Gasteiger partial charge in [0.2, 0.25) is 11.8 Å². The van der Waals surface area contributed by atoms with E-state index in [0.29, 0.717) is 18.7 Å². The predicted molar refractivity (Wildman–Crippen MR) is 78.6 cm³/mol. The molecule has 4 nitrogen and oxygen atoms in total. The standard InChI is InChI=1S/C16H19FN2O2/c1-3-14-11(2)16(21-19-14)18-15(20)6-4-5-12-7-9-13(17)10-8-12/h7-10H,3-6H2,1-2H3,(H,18,20). The number of nitrogens with one attached hydrogen (secondary N) is 1. The summed E-state index contributed by atoms with van der Waals surface area (Å²) in [4.78, 5) is 11.8. The molecule has 0 spiro atoms. The normalized spacial score (nSPS) is 10.6. The highest BCUT2D eigenvalue weighted by molar-refractivity contribution is 5.90. The Kier molecular flexibility index (Phi) is 5.09. The van der Waals surface area contributed by atoms with Gasteiger partial charge in [-0.2, -0.15) is 0 Å². The van der Waals surface area contributed by atoms with Crippen LogP contribution in [0.1, 0.15) is 36.6 Å². The number of nitrogens with zero attached hydrogens (tertiary/aromatic N) is 1. The van der Waals surface area contributed by atoms with Crippen LogP contribution in [0.4, 0.5) is 10.3 Å². The molecule has 0 atom stereocenters. The minimum atomic E-state index is -0.246. The zero-order valence-electron chi connectivity index (χ0n) is 12.3. The van der Waals surface area contributed by atoms with Crippen LogP contribution in [0.15, 0.2) is 28.8 Å². The maximum absolute atomic E-state index is 12.8. The maximum atomic E-state index is 12.8. The summed E-state index contributed by atoms with van der Waals surface area (Å²) in [6.45, 7) is 3.86. The quantitative estimate of drug-likeness (QED) is 0.883. The second-order valence-corrected chi connectivity index (χ2v) is 4.97. The van der Waals surface area contributed by atoms with Crippen molar-refractivity contribution in [3.8, 4) is 0 Å². The first-order valence-corrected chi connectivity index (χ1v) is 7.09. The number of aryl methyl sites for hydroxylation is 2. The molecule has 21 heavy (non-hydrogen) atoms. The van der Waals surface area contributed by atoms with Crippen LogP contribution in [-0.4, -0.2) is 11.1 Å². The zero-order valence-corrected chi connectivity index (χ0v) is 12.3. The summed E-state index contributed by atoms with van der Waals surface area (Å²) in [5.74, 6) is 0.0849. The van der Waals surface area contributed by atoms with E-state index >= 15 is 0 Å². The van der Waals surface area contributed by atoms with Gasteiger partial charge in [-0.15, -0.1) is 0 Å². The molecule has 1 N–H and O–H groups in total. The topological polar surface area (TPSA) is 55.1 Å². The third-order valence-corrected chi connectivity index (χ3v) is 3.39. The fourth-order valence-corrected chi connectivity index (χ4v) is 2.11. The fourth-order valence-electron chi connectivity index (χ4n) is 2.11. The molecule has 2 rings (SSSR count). The molecule has 1 amide bonds. The highest BCUT2D eigenvalue weighted by Crippen LogP contribution is 2.19. The summed E-state index contributed by atoms with van der Waals surface area (Å²) < 4.78 is 17.9. The number of hydrogen-bond acceptors (Lipinski definition) is 3. The molecule has 5 heteroatoms. The number of halogens is 1. The number of carbonyl (C=O) groups is 1. The summed E-state index contributed by atoms with van der Waals surface area (Å²) >= 11 is 0. The smallest absolute Gasteiger partial charge is 0.234 e. The van der Waals surface area contributed by atoms with Gasteiger partial charge in [-0.1, -0.05) is 24.2 Å². The van der Waals surface area contributed by atoms with Crippen LogP contribution >= 0.6 is 0 Å². The fraction of sp³-hybridized carbons (Fsp3) is 0.375. The van der Waals surface area contributed by atoms with Crippen LogP contribution in [0.2, 0.25) is 0 Å². The van der Waals surface area contributed by atoms with Crippen molar-refractivity contribution < 1.29 is 13.7 Å². The first-order chi connectivity index (χ1) is 10.1. The number of carbonyl (C=O) groups excluding carboxylic acids is 1. The lowest BCUT2D eigenvalue weighted by Crippen LogP contribution is -2.11. The molecule has 0 bridgehead atoms. The zero-order chi connectivity index (χ0) is 15.2. The van der Waals surface area contributed by atoms with Gasteiger partial charge >= 0.3 is 0 Å². The molecule has 0 aliphatic rings. The lowest BCUT2D eigenvalue weighted by Gasteiger charge is -2.03. The van der Waals surface area contributed by atoms with Crippen LogP contribution in [0.25, 0.3) is 0 Å². The van der Waals surface area contributed by atoms with E-state index in [1.54, 1.807) is 12.1 Å². The number of amides is 1. The average molecular weight is 290 g/mol. The average Bonchev–Trinajstić information content (AvgIpc) is 2.82. The van der Waals surface area contributed by atoms with E-state index in [0.717, 1.165) is 29.7 Å². The minimum absolute atomic E-state index is 0.0981. The lowest BCUT2D eigenvalue weighted by atomic mass is 10.1. The van der Waals surface area contributed by atoms with E-state index in [2.05, 4.69) is 10.5 Å². The van der Waals surface area contributed by atoms with E-state index in [1.807, 2.05) is 13.8 Å². The first-order valence-electron chi connectivity index (χ1n) is 7.09. The van der Waals surface area contributed by atoms with E-state index in [9.17, 15) is 9.18 Å². The molecular weight excluding hydrogens is 271 g/mol. The van der Waals surface area contributed by atoms with E-state index in [-0.39, 0.29) is 11.7 Å². The van der Waals surface area contributed by atoms with Crippen molar-refractivity contribution in [1.82, 2.24) is 5.16 Å². The van der Waals surface area contributed by atoms with Gasteiger partial charge in [0.15, 0.2) is 0 Å². The number of rotatable bonds is 6. The number of hydrogen-bond donors (Lipinski definition) is 1. The summed E-state index contributed by atoms with van der Waals surface area (Å²) in [6, 6.07) is 6.34. The second-order valence-electron chi connectivity index (χ2n) is 4.97. The molecule has 0 fully saturated rings. The van der Waals surface area contributed by atoms with Gasteiger partial charge in [0.1, 0.15) is 5.82 Å². The molecule has 0 aliphatic carbocycles. The summed E-state index contributed by atoms with van der Waals surface area (Å²) in [5.41, 5.74) is 2.76. The molecular formula is C16H19FN2O2. The van der Waals surface area contributed by atoms with Crippen molar-refractivity contribution in [2.24, 2.45) is 0 Å². The van der Waals surface area contributed by atoms with Gasteiger partial charge in [-0.3, -0.25) is 10.1 Å². The molecule has 1 aromatic heterocycles. The highest BCUT2D eigenvalue weighted by atomic mass is 19.1. The van der Waals surface area contributed by atoms with E-state index in [4.69, 9.17) is 4.52 Å². The van der Waals surface area contributed by atoms with Crippen molar-refractivity contribution in [2.75, 3.05) is 5.32 Å². The Hall–Kier alpha value is -2.17. The van der Waals surface area contributed by atoms with Gasteiger partial charge in [0, 0.05) is 12.0 Å². The Morgan fingerprint density at radius 2 is 2.05 bits per heavy atom. The van der Waals surface area contributed by atoms with Crippen molar-refractivity contribution in [3.63, 3.8) is 0 Å². The van der Waals surface area contributed by atoms with E-state index in [1.165, 1.54) is 12.1 Å². The highest BCUT2D eigenvalue weighted by Gasteiger charge is 2.12. The second kappa shape index (κ2) is 7.02. The predicted octanol–water partition coefficient (Wildman–Crippen LogP) is 3.65. The third kappa shape index (κ3) is 4.15. The molecule has 0 saturated carbocycles. The van der Waals surface area contributed by atoms with Crippen LogP contribution in [0.3, 0.4) is 0 Å². The van der Waals surface area contributed by atoms with Crippen LogP contribution in [0.5, 0.6) is 0 Å². The summed E-state index contributed by atoms with van der Waals surface area (Å²) in [6.07, 6.45) is 2.60. The SMILES string of the molecule is CCc1noc(NC(=O)CCCc2ccc(F)cc2)c1C. The Balaban J connectivity index is 1.79. The van der Waals surface area contributed by atoms with Crippen molar-refractivity contribution in [1.29, 1.82) is 0 Å². The first kappa shape index (κ1) is 15.2. The third-order valence-electron chi connectivity index (χ3n) is 3.39. The monoisotopic (exact) mass is 290 g/mol. The Morgan fingerprint density at radius 3 is 2.67 bits per heavy atom. The number of benzene rings is 1. The largest absolute Gasteiger partial charge is 0.338 e. The molecule has 0 unspecified atom stereocenters. The molecule has 0 saturated heterocycles. The number of anilines is 1. The van der Waals surface area contributed by atoms with Crippen molar-refractivity contribution in [2.45, 2.75) is 39.5 Å². The van der Waals surface area contributed by atoms with Crippen molar-refractivity contribution in [3.05, 3.63) is 46.9 Å². The Bertz CT molecular complexity index is 605. The Labute approximate surface area is 123 Å². The Morgan fingerprint density at radius 1 is 1.33 bits per heavy atom. The summed E-state index contributed by atoms with van der Waals surface area (Å²) in [5, 5.41) is 6.63. The van der Waals surface area contributed by atoms with Gasteiger partial charge < -0.3 is 4.52 Å². The van der Waals surface area contributed by atoms with Crippen LogP contribution < -0.4 is 5.32 Å². The molecule has 1 aromatic carbocycles. The van der Waals surface area contributed by atoms with Crippen LogP contribution in [0, 0.1) is 12.7 Å². The van der Waals surface area contributed by atoms with Gasteiger partial charge in [-0.25, -0.2) is 4.39 Å². The minimum Gasteiger partial charge on any atom is -0.338 e. The molecule has 0 aliphatic heterocycles. The maximum Gasteiger partial charge on any atom is 0.234 e. The number of aromatic nitrogens is 1. The molecule has 112 valence electrons. The lowest BCUT2D eigenvalue weighted by molar-refractivity contribution is -0.116. The van der Waals surface area contributed by atoms with Gasteiger partial charge in [0.25, 0.3) is 0 Å². The van der Waals surface area contributed by atoms with Crippen LogP contribution in [-0.2, 0) is 17.6 Å². The molecule has 2 aromatic rings. The molecule has 1 heterocycles.